The molecule has 2 aliphatic rings. The Morgan fingerprint density at radius 2 is 1.97 bits per heavy atom. The minimum absolute atomic E-state index is 0.000777. The molecule has 2 aromatic rings. The van der Waals surface area contributed by atoms with Crippen LogP contribution in [0.25, 0.3) is 0 Å². The molecule has 0 amide bonds. The lowest BCUT2D eigenvalue weighted by molar-refractivity contribution is 0.0592. The molecule has 4 nitrogen and oxygen atoms in total. The highest BCUT2D eigenvalue weighted by Gasteiger charge is 2.32. The van der Waals surface area contributed by atoms with Gasteiger partial charge in [0.15, 0.2) is 0 Å². The van der Waals surface area contributed by atoms with Crippen LogP contribution in [-0.2, 0) is 4.74 Å². The van der Waals surface area contributed by atoms with Crippen LogP contribution in [0.4, 0.5) is 8.78 Å². The number of ether oxygens (including phenoxy) is 2. The second-order valence-corrected chi connectivity index (χ2v) is 8.76. The van der Waals surface area contributed by atoms with Gasteiger partial charge in [-0.15, -0.1) is 0 Å². The molecule has 0 radical (unpaired) electrons. The standard InChI is InChI=1S/C24H26ClF2NO3/c1-14(18-8-7-16(26)10-21(18)25)28-9-3-4-17(13-28)31-23-12-22(27)20(24(29)30-2)11-19(23)15-5-6-15/h7-8,10-12,14-15,17H,3-6,9,13H2,1-2H3/t14-,17?/m1/s1. The number of likely N-dealkylation sites (tertiary alicyclic amines) is 1. The highest BCUT2D eigenvalue weighted by atomic mass is 35.5. The van der Waals surface area contributed by atoms with E-state index in [1.165, 1.54) is 25.3 Å². The van der Waals surface area contributed by atoms with Crippen molar-refractivity contribution in [2.45, 2.75) is 50.7 Å². The number of hydrogen-bond acceptors (Lipinski definition) is 4. The predicted octanol–water partition coefficient (Wildman–Crippen LogP) is 5.89. The molecule has 2 atom stereocenters. The summed E-state index contributed by atoms with van der Waals surface area (Å²) in [4.78, 5) is 14.1. The van der Waals surface area contributed by atoms with E-state index in [2.05, 4.69) is 4.90 Å². The van der Waals surface area contributed by atoms with Crippen LogP contribution in [0.15, 0.2) is 30.3 Å². The summed E-state index contributed by atoms with van der Waals surface area (Å²) in [6, 6.07) is 7.37. The number of methoxy groups -OCH3 is 1. The van der Waals surface area contributed by atoms with Crippen LogP contribution in [0.2, 0.25) is 5.02 Å². The van der Waals surface area contributed by atoms with E-state index in [0.717, 1.165) is 43.4 Å². The van der Waals surface area contributed by atoms with Crippen LogP contribution in [0.1, 0.15) is 66.1 Å². The van der Waals surface area contributed by atoms with Gasteiger partial charge in [-0.05, 0) is 74.4 Å². The van der Waals surface area contributed by atoms with Gasteiger partial charge < -0.3 is 9.47 Å². The molecule has 1 aliphatic heterocycles. The van der Waals surface area contributed by atoms with Gasteiger partial charge >= 0.3 is 5.97 Å². The van der Waals surface area contributed by atoms with Gasteiger partial charge in [0.2, 0.25) is 0 Å². The lowest BCUT2D eigenvalue weighted by Crippen LogP contribution is -2.42. The maximum Gasteiger partial charge on any atom is 0.340 e. The van der Waals surface area contributed by atoms with Gasteiger partial charge in [-0.3, -0.25) is 4.90 Å². The third-order valence-corrected chi connectivity index (χ3v) is 6.51. The Morgan fingerprint density at radius 3 is 2.65 bits per heavy atom. The first-order valence-electron chi connectivity index (χ1n) is 10.6. The number of halogens is 3. The Balaban J connectivity index is 1.52. The number of carbonyl (C=O) groups excluding carboxylic acids is 1. The fraction of sp³-hybridized carbons (Fsp3) is 0.458. The Morgan fingerprint density at radius 1 is 1.19 bits per heavy atom. The molecular weight excluding hydrogens is 424 g/mol. The average Bonchev–Trinajstić information content (AvgIpc) is 3.58. The average molecular weight is 450 g/mol. The van der Waals surface area contributed by atoms with E-state index in [1.807, 2.05) is 6.92 Å². The van der Waals surface area contributed by atoms with Crippen molar-refractivity contribution < 1.29 is 23.0 Å². The van der Waals surface area contributed by atoms with Crippen molar-refractivity contribution >= 4 is 17.6 Å². The van der Waals surface area contributed by atoms with Gasteiger partial charge in [-0.1, -0.05) is 17.7 Å². The zero-order valence-corrected chi connectivity index (χ0v) is 18.4. The van der Waals surface area contributed by atoms with E-state index < -0.39 is 11.8 Å². The molecule has 0 aromatic heterocycles. The number of nitrogens with zero attached hydrogens (tertiary/aromatic N) is 1. The number of esters is 1. The lowest BCUT2D eigenvalue weighted by atomic mass is 10.0. The van der Waals surface area contributed by atoms with Crippen molar-refractivity contribution in [2.24, 2.45) is 0 Å². The van der Waals surface area contributed by atoms with Crippen LogP contribution >= 0.6 is 11.6 Å². The molecule has 2 fully saturated rings. The van der Waals surface area contributed by atoms with E-state index >= 15 is 0 Å². The van der Waals surface area contributed by atoms with Crippen LogP contribution in [-0.4, -0.2) is 37.2 Å². The normalized spacial score (nSPS) is 20.4. The van der Waals surface area contributed by atoms with Gasteiger partial charge in [-0.25, -0.2) is 13.6 Å². The van der Waals surface area contributed by atoms with Gasteiger partial charge in [-0.2, -0.15) is 0 Å². The minimum Gasteiger partial charge on any atom is -0.489 e. The van der Waals surface area contributed by atoms with Gasteiger partial charge in [0.25, 0.3) is 0 Å². The fourth-order valence-corrected chi connectivity index (χ4v) is 4.61. The maximum atomic E-state index is 14.6. The molecule has 0 spiro atoms. The van der Waals surface area contributed by atoms with Crippen LogP contribution < -0.4 is 4.74 Å². The molecule has 1 heterocycles. The Labute approximate surface area is 186 Å². The summed E-state index contributed by atoms with van der Waals surface area (Å²) >= 11 is 6.26. The summed E-state index contributed by atoms with van der Waals surface area (Å²) in [5, 5.41) is 0.409. The van der Waals surface area contributed by atoms with E-state index in [1.54, 1.807) is 12.1 Å². The SMILES string of the molecule is COC(=O)c1cc(C2CC2)c(OC2CCCN([C@H](C)c3ccc(F)cc3Cl)C2)cc1F. The Hall–Kier alpha value is -2.18. The van der Waals surface area contributed by atoms with Gasteiger partial charge in [0.1, 0.15) is 23.5 Å². The monoisotopic (exact) mass is 449 g/mol. The molecule has 0 N–H and O–H groups in total. The topological polar surface area (TPSA) is 38.8 Å². The molecule has 1 aliphatic carbocycles. The van der Waals surface area contributed by atoms with E-state index in [4.69, 9.17) is 21.1 Å². The number of carbonyl (C=O) groups is 1. The van der Waals surface area contributed by atoms with Crippen molar-refractivity contribution in [1.82, 2.24) is 4.90 Å². The number of piperidine rings is 1. The zero-order chi connectivity index (χ0) is 22.1. The molecule has 166 valence electrons. The Kier molecular flexibility index (Phi) is 6.49. The van der Waals surface area contributed by atoms with Crippen molar-refractivity contribution in [1.29, 1.82) is 0 Å². The highest BCUT2D eigenvalue weighted by Crippen LogP contribution is 2.45. The highest BCUT2D eigenvalue weighted by molar-refractivity contribution is 6.31. The fourth-order valence-electron chi connectivity index (χ4n) is 4.28. The molecule has 7 heteroatoms. The quantitative estimate of drug-likeness (QED) is 0.516. The Bertz CT molecular complexity index is 980. The minimum atomic E-state index is -0.681. The van der Waals surface area contributed by atoms with Crippen molar-refractivity contribution in [3.05, 3.63) is 63.7 Å². The second-order valence-electron chi connectivity index (χ2n) is 8.35. The molecule has 31 heavy (non-hydrogen) atoms. The van der Waals surface area contributed by atoms with Crippen molar-refractivity contribution in [2.75, 3.05) is 20.2 Å². The first-order valence-corrected chi connectivity index (χ1v) is 11.0. The van der Waals surface area contributed by atoms with E-state index in [0.29, 0.717) is 17.3 Å². The number of benzene rings is 2. The van der Waals surface area contributed by atoms with Crippen LogP contribution in [0.5, 0.6) is 5.75 Å². The first-order chi connectivity index (χ1) is 14.9. The van der Waals surface area contributed by atoms with Gasteiger partial charge in [0, 0.05) is 23.7 Å². The molecular formula is C24H26ClF2NO3. The number of rotatable bonds is 6. The maximum absolute atomic E-state index is 14.6. The summed E-state index contributed by atoms with van der Waals surface area (Å²) < 4.78 is 39.0. The summed E-state index contributed by atoms with van der Waals surface area (Å²) in [6.45, 7) is 3.57. The van der Waals surface area contributed by atoms with E-state index in [-0.39, 0.29) is 29.4 Å². The van der Waals surface area contributed by atoms with Crippen molar-refractivity contribution in [3.63, 3.8) is 0 Å². The third kappa shape index (κ3) is 4.85. The van der Waals surface area contributed by atoms with Gasteiger partial charge in [0.05, 0.1) is 12.7 Å². The lowest BCUT2D eigenvalue weighted by Gasteiger charge is -2.37. The molecule has 1 saturated carbocycles. The molecule has 4 rings (SSSR count). The predicted molar refractivity (Wildman–Crippen MR) is 115 cm³/mol. The molecule has 0 bridgehead atoms. The summed E-state index contributed by atoms with van der Waals surface area (Å²) in [6.07, 6.45) is 3.66. The molecule has 1 unspecified atom stereocenters. The molecule has 2 aromatic carbocycles. The number of hydrogen-bond donors (Lipinski definition) is 0. The summed E-state index contributed by atoms with van der Waals surface area (Å²) in [5.41, 5.74) is 1.69. The second kappa shape index (κ2) is 9.13. The van der Waals surface area contributed by atoms with Crippen LogP contribution in [0, 0.1) is 11.6 Å². The van der Waals surface area contributed by atoms with Crippen LogP contribution in [0.3, 0.4) is 0 Å². The first kappa shape index (κ1) is 22.0. The molecule has 1 saturated heterocycles. The zero-order valence-electron chi connectivity index (χ0n) is 17.7. The largest absolute Gasteiger partial charge is 0.489 e. The summed E-state index contributed by atoms with van der Waals surface area (Å²) in [5.74, 6) is -0.876. The van der Waals surface area contributed by atoms with E-state index in [9.17, 15) is 13.6 Å². The summed E-state index contributed by atoms with van der Waals surface area (Å²) in [7, 11) is 1.24. The smallest absolute Gasteiger partial charge is 0.340 e. The third-order valence-electron chi connectivity index (χ3n) is 6.19. The van der Waals surface area contributed by atoms with Crippen molar-refractivity contribution in [3.8, 4) is 5.75 Å².